The zero-order valence-electron chi connectivity index (χ0n) is 16.2. The van der Waals surface area contributed by atoms with Gasteiger partial charge in [0.25, 0.3) is 5.91 Å². The maximum Gasteiger partial charge on any atom is 0.251 e. The maximum absolute atomic E-state index is 12.1. The summed E-state index contributed by atoms with van der Waals surface area (Å²) in [6, 6.07) is 7.05. The quantitative estimate of drug-likeness (QED) is 0.175. The molecule has 0 aliphatic heterocycles. The lowest BCUT2D eigenvalue weighted by atomic mass is 10.2. The van der Waals surface area contributed by atoms with Crippen LogP contribution in [0.3, 0.4) is 0 Å². The van der Waals surface area contributed by atoms with Gasteiger partial charge in [-0.3, -0.25) is 9.79 Å². The van der Waals surface area contributed by atoms with E-state index in [1.54, 1.807) is 45.5 Å². The lowest BCUT2D eigenvalue weighted by Gasteiger charge is -2.12. The molecule has 0 aromatic heterocycles. The summed E-state index contributed by atoms with van der Waals surface area (Å²) < 4.78 is 15.4. The van der Waals surface area contributed by atoms with E-state index >= 15 is 0 Å². The number of carbonyl (C=O) groups excluding carboxylic acids is 1. The lowest BCUT2D eigenvalue weighted by Crippen LogP contribution is -2.42. The number of aliphatic imine (C=N–C) groups is 1. The molecule has 27 heavy (non-hydrogen) atoms. The number of hydrogen-bond donors (Lipinski definition) is 3. The molecular weight excluding hydrogens is 463 g/mol. The van der Waals surface area contributed by atoms with E-state index in [0.717, 1.165) is 13.0 Å². The molecule has 0 saturated carbocycles. The monoisotopic (exact) mass is 494 g/mol. The van der Waals surface area contributed by atoms with Gasteiger partial charge in [-0.2, -0.15) is 0 Å². The Bertz CT molecular complexity index is 558. The van der Waals surface area contributed by atoms with Crippen LogP contribution >= 0.6 is 24.0 Å². The van der Waals surface area contributed by atoms with Gasteiger partial charge < -0.3 is 30.2 Å². The minimum Gasteiger partial charge on any atom is -0.497 e. The van der Waals surface area contributed by atoms with Gasteiger partial charge in [0.1, 0.15) is 5.75 Å². The molecular formula is C18H31IN4O4. The van der Waals surface area contributed by atoms with E-state index < -0.39 is 0 Å². The van der Waals surface area contributed by atoms with E-state index in [0.29, 0.717) is 50.2 Å². The molecule has 0 fully saturated rings. The van der Waals surface area contributed by atoms with Gasteiger partial charge in [0.15, 0.2) is 5.96 Å². The molecule has 9 heteroatoms. The van der Waals surface area contributed by atoms with Crippen molar-refractivity contribution in [3.05, 3.63) is 29.8 Å². The normalized spacial score (nSPS) is 10.7. The van der Waals surface area contributed by atoms with E-state index in [-0.39, 0.29) is 29.9 Å². The van der Waals surface area contributed by atoms with Crippen LogP contribution in [0, 0.1) is 0 Å². The van der Waals surface area contributed by atoms with Crippen LogP contribution in [0.2, 0.25) is 0 Å². The van der Waals surface area contributed by atoms with Gasteiger partial charge in [-0.25, -0.2) is 0 Å². The predicted octanol–water partition coefficient (Wildman–Crippen LogP) is 1.26. The number of amides is 1. The Morgan fingerprint density at radius 3 is 2.48 bits per heavy atom. The zero-order valence-corrected chi connectivity index (χ0v) is 18.6. The van der Waals surface area contributed by atoms with Crippen LogP contribution in [0.15, 0.2) is 29.3 Å². The van der Waals surface area contributed by atoms with Gasteiger partial charge in [0, 0.05) is 46.0 Å². The number of nitrogens with one attached hydrogen (secondary N) is 3. The number of hydrogen-bond acceptors (Lipinski definition) is 5. The predicted molar refractivity (Wildman–Crippen MR) is 117 cm³/mol. The second-order valence-electron chi connectivity index (χ2n) is 5.37. The van der Waals surface area contributed by atoms with Crippen molar-refractivity contribution in [3.8, 4) is 5.75 Å². The highest BCUT2D eigenvalue weighted by Gasteiger charge is 2.05. The van der Waals surface area contributed by atoms with Crippen LogP contribution in [0.5, 0.6) is 5.75 Å². The number of benzene rings is 1. The smallest absolute Gasteiger partial charge is 0.251 e. The first-order chi connectivity index (χ1) is 12.7. The molecule has 1 rings (SSSR count). The molecule has 0 aliphatic carbocycles. The van der Waals surface area contributed by atoms with Crippen molar-refractivity contribution in [2.24, 2.45) is 4.99 Å². The van der Waals surface area contributed by atoms with Crippen LogP contribution in [0.1, 0.15) is 16.8 Å². The standard InChI is InChI=1S/C18H30N4O4.HI/c1-19-18(21-8-5-11-26-13-12-24-2)22-10-9-20-17(23)15-6-4-7-16(14-15)25-3;/h4,6-7,14H,5,8-13H2,1-3H3,(H,20,23)(H2,19,21,22);1H. The summed E-state index contributed by atoms with van der Waals surface area (Å²) in [4.78, 5) is 16.2. The molecule has 0 spiro atoms. The van der Waals surface area contributed by atoms with Gasteiger partial charge in [-0.1, -0.05) is 6.07 Å². The molecule has 8 nitrogen and oxygen atoms in total. The summed E-state index contributed by atoms with van der Waals surface area (Å²) >= 11 is 0. The minimum atomic E-state index is -0.137. The highest BCUT2D eigenvalue weighted by Crippen LogP contribution is 2.12. The molecule has 0 aliphatic rings. The Kier molecular flexibility index (Phi) is 15.6. The Morgan fingerprint density at radius 1 is 1.04 bits per heavy atom. The number of carbonyl (C=O) groups is 1. The first kappa shape index (κ1) is 25.4. The van der Waals surface area contributed by atoms with Gasteiger partial charge in [-0.05, 0) is 24.6 Å². The fourth-order valence-electron chi connectivity index (χ4n) is 2.07. The molecule has 3 N–H and O–H groups in total. The van der Waals surface area contributed by atoms with Crippen molar-refractivity contribution >= 4 is 35.8 Å². The summed E-state index contributed by atoms with van der Waals surface area (Å²) in [5, 5.41) is 9.20. The van der Waals surface area contributed by atoms with Crippen molar-refractivity contribution < 1.29 is 19.0 Å². The van der Waals surface area contributed by atoms with Crippen LogP contribution < -0.4 is 20.7 Å². The molecule has 0 bridgehead atoms. The maximum atomic E-state index is 12.1. The van der Waals surface area contributed by atoms with Crippen LogP contribution in [0.25, 0.3) is 0 Å². The molecule has 0 heterocycles. The molecule has 1 aromatic rings. The van der Waals surface area contributed by atoms with Crippen LogP contribution in [0.4, 0.5) is 0 Å². The molecule has 0 radical (unpaired) electrons. The van der Waals surface area contributed by atoms with E-state index in [2.05, 4.69) is 20.9 Å². The Labute approximate surface area is 178 Å². The Morgan fingerprint density at radius 2 is 1.78 bits per heavy atom. The number of ether oxygens (including phenoxy) is 3. The summed E-state index contributed by atoms with van der Waals surface area (Å²) in [6.45, 7) is 3.69. The van der Waals surface area contributed by atoms with Crippen molar-refractivity contribution in [2.75, 3.05) is 60.7 Å². The highest BCUT2D eigenvalue weighted by molar-refractivity contribution is 14.0. The fourth-order valence-corrected chi connectivity index (χ4v) is 2.07. The molecule has 154 valence electrons. The number of methoxy groups -OCH3 is 2. The van der Waals surface area contributed by atoms with Crippen molar-refractivity contribution in [2.45, 2.75) is 6.42 Å². The Balaban J connectivity index is 0.00000676. The first-order valence-corrected chi connectivity index (χ1v) is 8.64. The first-order valence-electron chi connectivity index (χ1n) is 8.64. The third-order valence-corrected chi connectivity index (χ3v) is 3.45. The van der Waals surface area contributed by atoms with E-state index in [1.165, 1.54) is 0 Å². The summed E-state index contributed by atoms with van der Waals surface area (Å²) in [7, 11) is 4.93. The average molecular weight is 494 g/mol. The van der Waals surface area contributed by atoms with Gasteiger partial charge in [0.05, 0.1) is 20.3 Å². The van der Waals surface area contributed by atoms with Crippen molar-refractivity contribution in [1.82, 2.24) is 16.0 Å². The topological polar surface area (TPSA) is 93.2 Å². The molecule has 0 unspecified atom stereocenters. The fraction of sp³-hybridized carbons (Fsp3) is 0.556. The van der Waals surface area contributed by atoms with Gasteiger partial charge >= 0.3 is 0 Å². The second kappa shape index (κ2) is 16.6. The SMILES string of the molecule is CN=C(NCCCOCCOC)NCCNC(=O)c1cccc(OC)c1.I. The Hall–Kier alpha value is -1.59. The summed E-state index contributed by atoms with van der Waals surface area (Å²) in [6.07, 6.45) is 0.872. The van der Waals surface area contributed by atoms with Crippen molar-refractivity contribution in [3.63, 3.8) is 0 Å². The summed E-state index contributed by atoms with van der Waals surface area (Å²) in [5.41, 5.74) is 0.570. The third-order valence-electron chi connectivity index (χ3n) is 3.45. The number of rotatable bonds is 12. The number of halogens is 1. The van der Waals surface area contributed by atoms with E-state index in [9.17, 15) is 4.79 Å². The zero-order chi connectivity index (χ0) is 19.0. The summed E-state index contributed by atoms with van der Waals surface area (Å²) in [5.74, 6) is 1.21. The second-order valence-corrected chi connectivity index (χ2v) is 5.37. The number of guanidine groups is 1. The van der Waals surface area contributed by atoms with Gasteiger partial charge in [-0.15, -0.1) is 24.0 Å². The van der Waals surface area contributed by atoms with E-state index in [1.807, 2.05) is 0 Å². The average Bonchev–Trinajstić information content (AvgIpc) is 2.68. The van der Waals surface area contributed by atoms with Crippen molar-refractivity contribution in [1.29, 1.82) is 0 Å². The highest BCUT2D eigenvalue weighted by atomic mass is 127. The molecule has 1 aromatic carbocycles. The molecule has 1 amide bonds. The number of nitrogens with zero attached hydrogens (tertiary/aromatic N) is 1. The van der Waals surface area contributed by atoms with Gasteiger partial charge in [0.2, 0.25) is 0 Å². The largest absolute Gasteiger partial charge is 0.497 e. The third kappa shape index (κ3) is 11.7. The molecule has 0 atom stereocenters. The lowest BCUT2D eigenvalue weighted by molar-refractivity contribution is 0.0698. The molecule has 0 saturated heterocycles. The minimum absolute atomic E-state index is 0. The van der Waals surface area contributed by atoms with Crippen LogP contribution in [-0.4, -0.2) is 72.6 Å². The van der Waals surface area contributed by atoms with E-state index in [4.69, 9.17) is 14.2 Å². The van der Waals surface area contributed by atoms with Crippen LogP contribution in [-0.2, 0) is 9.47 Å².